The maximum atomic E-state index is 13.4. The first-order valence-electron chi connectivity index (χ1n) is 4.85. The molecular formula is C12H8BrFN2S. The molecule has 1 heterocycles. The van der Waals surface area contributed by atoms with Crippen LogP contribution in [0.25, 0.3) is 0 Å². The number of benzene rings is 1. The Morgan fingerprint density at radius 3 is 2.76 bits per heavy atom. The van der Waals surface area contributed by atoms with Crippen LogP contribution < -0.4 is 5.32 Å². The van der Waals surface area contributed by atoms with Crippen molar-refractivity contribution in [3.05, 3.63) is 50.9 Å². The second-order valence-corrected chi connectivity index (χ2v) is 5.21. The molecule has 0 saturated heterocycles. The molecule has 1 N–H and O–H groups in total. The number of anilines is 1. The zero-order valence-corrected chi connectivity index (χ0v) is 11.1. The van der Waals surface area contributed by atoms with Crippen molar-refractivity contribution >= 4 is 33.0 Å². The van der Waals surface area contributed by atoms with Crippen LogP contribution in [0.2, 0.25) is 0 Å². The Hall–Kier alpha value is -1.38. The molecule has 1 atom stereocenters. The van der Waals surface area contributed by atoms with E-state index in [1.807, 2.05) is 11.4 Å². The van der Waals surface area contributed by atoms with Crippen LogP contribution in [0, 0.1) is 17.1 Å². The van der Waals surface area contributed by atoms with E-state index in [4.69, 9.17) is 5.26 Å². The fraction of sp³-hybridized carbons (Fsp3) is 0.0833. The molecule has 0 aliphatic rings. The molecule has 1 aromatic heterocycles. The molecule has 1 unspecified atom stereocenters. The number of rotatable bonds is 3. The summed E-state index contributed by atoms with van der Waals surface area (Å²) in [5, 5.41) is 13.9. The van der Waals surface area contributed by atoms with Gasteiger partial charge in [0.25, 0.3) is 0 Å². The summed E-state index contributed by atoms with van der Waals surface area (Å²) in [4.78, 5) is 0.850. The van der Waals surface area contributed by atoms with Gasteiger partial charge in [0, 0.05) is 14.7 Å². The van der Waals surface area contributed by atoms with Crippen molar-refractivity contribution in [1.82, 2.24) is 0 Å². The molecule has 0 spiro atoms. The van der Waals surface area contributed by atoms with E-state index in [1.54, 1.807) is 18.2 Å². The minimum absolute atomic E-state index is 0.337. The van der Waals surface area contributed by atoms with E-state index in [9.17, 15) is 4.39 Å². The number of para-hydroxylation sites is 1. The van der Waals surface area contributed by atoms with Crippen molar-refractivity contribution < 1.29 is 4.39 Å². The Morgan fingerprint density at radius 2 is 2.18 bits per heavy atom. The smallest absolute Gasteiger partial charge is 0.149 e. The predicted molar refractivity (Wildman–Crippen MR) is 70.4 cm³/mol. The summed E-state index contributed by atoms with van der Waals surface area (Å²) < 4.78 is 14.4. The number of nitrogens with one attached hydrogen (secondary N) is 1. The van der Waals surface area contributed by atoms with Gasteiger partial charge in [-0.15, -0.1) is 11.3 Å². The van der Waals surface area contributed by atoms with E-state index in [1.165, 1.54) is 17.4 Å². The summed E-state index contributed by atoms with van der Waals surface area (Å²) in [6, 6.07) is 9.75. The average molecular weight is 311 g/mol. The molecule has 1 aromatic carbocycles. The van der Waals surface area contributed by atoms with E-state index >= 15 is 0 Å². The third-order valence-corrected chi connectivity index (χ3v) is 3.93. The van der Waals surface area contributed by atoms with E-state index in [-0.39, 0.29) is 5.82 Å². The van der Waals surface area contributed by atoms with Gasteiger partial charge in [-0.2, -0.15) is 5.26 Å². The van der Waals surface area contributed by atoms with Crippen LogP contribution >= 0.6 is 27.3 Å². The third kappa shape index (κ3) is 2.84. The summed E-state index contributed by atoms with van der Waals surface area (Å²) in [5.41, 5.74) is 0.337. The normalized spacial score (nSPS) is 11.8. The first-order chi connectivity index (χ1) is 8.20. The molecule has 86 valence electrons. The number of nitrogens with zero attached hydrogens (tertiary/aromatic N) is 1. The highest BCUT2D eigenvalue weighted by atomic mass is 79.9. The van der Waals surface area contributed by atoms with Crippen LogP contribution in [0.1, 0.15) is 10.9 Å². The molecule has 0 amide bonds. The van der Waals surface area contributed by atoms with Crippen molar-refractivity contribution in [2.75, 3.05) is 5.32 Å². The van der Waals surface area contributed by atoms with Crippen LogP contribution in [0.4, 0.5) is 10.1 Å². The number of thiophene rings is 1. The molecule has 0 saturated carbocycles. The van der Waals surface area contributed by atoms with Gasteiger partial charge >= 0.3 is 0 Å². The van der Waals surface area contributed by atoms with Crippen molar-refractivity contribution in [2.45, 2.75) is 6.04 Å². The highest BCUT2D eigenvalue weighted by Crippen LogP contribution is 2.28. The van der Waals surface area contributed by atoms with Crippen molar-refractivity contribution in [1.29, 1.82) is 5.26 Å². The van der Waals surface area contributed by atoms with Gasteiger partial charge in [0.15, 0.2) is 0 Å². The second-order valence-electron chi connectivity index (χ2n) is 3.35. The van der Waals surface area contributed by atoms with Crippen LogP contribution in [-0.4, -0.2) is 0 Å². The van der Waals surface area contributed by atoms with E-state index < -0.39 is 6.04 Å². The monoisotopic (exact) mass is 310 g/mol. The molecule has 2 aromatic rings. The van der Waals surface area contributed by atoms with Gasteiger partial charge in [0.2, 0.25) is 0 Å². The van der Waals surface area contributed by atoms with Crippen molar-refractivity contribution in [3.63, 3.8) is 0 Å². The maximum Gasteiger partial charge on any atom is 0.149 e. The summed E-state index contributed by atoms with van der Waals surface area (Å²) >= 11 is 4.78. The van der Waals surface area contributed by atoms with E-state index in [2.05, 4.69) is 27.3 Å². The van der Waals surface area contributed by atoms with Crippen LogP contribution in [-0.2, 0) is 0 Å². The number of hydrogen-bond donors (Lipinski definition) is 1. The Labute approximate surface area is 111 Å². The Kier molecular flexibility index (Phi) is 3.77. The van der Waals surface area contributed by atoms with Crippen LogP contribution in [0.3, 0.4) is 0 Å². The lowest BCUT2D eigenvalue weighted by molar-refractivity contribution is 0.629. The van der Waals surface area contributed by atoms with E-state index in [0.717, 1.165) is 9.35 Å². The largest absolute Gasteiger partial charge is 0.363 e. The molecule has 0 radical (unpaired) electrons. The van der Waals surface area contributed by atoms with Gasteiger partial charge < -0.3 is 5.32 Å². The quantitative estimate of drug-likeness (QED) is 0.916. The SMILES string of the molecule is N#CC(Nc1ccccc1F)c1cc(Br)cs1. The summed E-state index contributed by atoms with van der Waals surface area (Å²) in [5.74, 6) is -0.358. The number of hydrogen-bond acceptors (Lipinski definition) is 3. The summed E-state index contributed by atoms with van der Waals surface area (Å²) in [7, 11) is 0. The lowest BCUT2D eigenvalue weighted by Crippen LogP contribution is -2.07. The minimum atomic E-state index is -0.539. The van der Waals surface area contributed by atoms with Gasteiger partial charge in [-0.05, 0) is 34.1 Å². The number of halogens is 2. The second kappa shape index (κ2) is 5.30. The highest BCUT2D eigenvalue weighted by Gasteiger charge is 2.14. The molecule has 2 rings (SSSR count). The zero-order valence-electron chi connectivity index (χ0n) is 8.65. The minimum Gasteiger partial charge on any atom is -0.363 e. The predicted octanol–water partition coefficient (Wildman–Crippen LogP) is 4.33. The Morgan fingerprint density at radius 1 is 1.41 bits per heavy atom. The van der Waals surface area contributed by atoms with Gasteiger partial charge in [0.1, 0.15) is 11.9 Å². The molecular weight excluding hydrogens is 303 g/mol. The first-order valence-corrected chi connectivity index (χ1v) is 6.52. The van der Waals surface area contributed by atoms with Gasteiger partial charge in [-0.25, -0.2) is 4.39 Å². The lowest BCUT2D eigenvalue weighted by atomic mass is 10.2. The highest BCUT2D eigenvalue weighted by molar-refractivity contribution is 9.10. The summed E-state index contributed by atoms with van der Waals surface area (Å²) in [6.07, 6.45) is 0. The van der Waals surface area contributed by atoms with E-state index in [0.29, 0.717) is 5.69 Å². The first kappa shape index (κ1) is 12.1. The average Bonchev–Trinajstić information content (AvgIpc) is 2.75. The van der Waals surface area contributed by atoms with Crippen molar-refractivity contribution in [2.24, 2.45) is 0 Å². The summed E-state index contributed by atoms with van der Waals surface area (Å²) in [6.45, 7) is 0. The van der Waals surface area contributed by atoms with Gasteiger partial charge in [-0.1, -0.05) is 12.1 Å². The van der Waals surface area contributed by atoms with Crippen LogP contribution in [0.5, 0.6) is 0 Å². The Bertz CT molecular complexity index is 562. The molecule has 0 bridgehead atoms. The van der Waals surface area contributed by atoms with Crippen LogP contribution in [0.15, 0.2) is 40.2 Å². The lowest BCUT2D eigenvalue weighted by Gasteiger charge is -2.11. The molecule has 0 fully saturated rings. The topological polar surface area (TPSA) is 35.8 Å². The fourth-order valence-corrected chi connectivity index (χ4v) is 2.82. The molecule has 2 nitrogen and oxygen atoms in total. The third-order valence-electron chi connectivity index (χ3n) is 2.18. The van der Waals surface area contributed by atoms with Crippen molar-refractivity contribution in [3.8, 4) is 6.07 Å². The maximum absolute atomic E-state index is 13.4. The molecule has 0 aliphatic heterocycles. The van der Waals surface area contributed by atoms with Gasteiger partial charge in [-0.3, -0.25) is 0 Å². The standard InChI is InChI=1S/C12H8BrFN2S/c13-8-5-12(17-7-8)11(6-15)16-10-4-2-1-3-9(10)14/h1-5,7,11,16H. The molecule has 5 heteroatoms. The number of nitriles is 1. The Balaban J connectivity index is 2.22. The molecule has 0 aliphatic carbocycles. The fourth-order valence-electron chi connectivity index (χ4n) is 1.38. The zero-order chi connectivity index (χ0) is 12.3. The van der Waals surface area contributed by atoms with Gasteiger partial charge in [0.05, 0.1) is 11.8 Å². The molecule has 17 heavy (non-hydrogen) atoms.